The number of hydrogen-bond donors (Lipinski definition) is 0. The van der Waals surface area contributed by atoms with Crippen LogP contribution in [-0.4, -0.2) is 29.2 Å². The molecule has 1 heterocycles. The number of carbonyl (C=O) groups excluding carboxylic acids is 2. The smallest absolute Gasteiger partial charge is 0.293 e. The van der Waals surface area contributed by atoms with E-state index in [2.05, 4.69) is 0 Å². The highest BCUT2D eigenvalue weighted by Crippen LogP contribution is 2.34. The summed E-state index contributed by atoms with van der Waals surface area (Å²) in [5.74, 6) is 0.140. The molecule has 0 unspecified atom stereocenters. The maximum atomic E-state index is 14.1. The molecule has 34 heavy (non-hydrogen) atoms. The number of para-hydroxylation sites is 1. The average Bonchev–Trinajstić information content (AvgIpc) is 3.08. The van der Waals surface area contributed by atoms with Gasteiger partial charge >= 0.3 is 0 Å². The Morgan fingerprint density at radius 1 is 0.941 bits per heavy atom. The number of hydrogen-bond acceptors (Lipinski definition) is 5. The summed E-state index contributed by atoms with van der Waals surface area (Å²) in [7, 11) is 0. The van der Waals surface area contributed by atoms with Crippen molar-refractivity contribution in [1.29, 1.82) is 0 Å². The highest BCUT2D eigenvalue weighted by molar-refractivity contribution is 8.18. The van der Waals surface area contributed by atoms with Crippen LogP contribution in [0.5, 0.6) is 11.5 Å². The third-order valence-electron chi connectivity index (χ3n) is 4.91. The largest absolute Gasteiger partial charge is 0.492 e. The van der Waals surface area contributed by atoms with E-state index in [4.69, 9.17) is 32.7 Å². The minimum atomic E-state index is -0.466. The average molecular weight is 518 g/mol. The molecule has 1 saturated heterocycles. The number of imide groups is 1. The lowest BCUT2D eigenvalue weighted by Gasteiger charge is -2.13. The van der Waals surface area contributed by atoms with Gasteiger partial charge < -0.3 is 9.47 Å². The summed E-state index contributed by atoms with van der Waals surface area (Å²) in [6.07, 6.45) is 1.59. The first-order valence-corrected chi connectivity index (χ1v) is 11.8. The van der Waals surface area contributed by atoms with Crippen LogP contribution in [0.3, 0.4) is 0 Å². The van der Waals surface area contributed by atoms with Crippen LogP contribution in [0.15, 0.2) is 71.6 Å². The molecule has 1 aliphatic heterocycles. The SMILES string of the molecule is O=C1S/C(=C\c2ccccc2OCc2c(F)cccc2Cl)C(=O)N1CCOc1ccc(Cl)cc1. The van der Waals surface area contributed by atoms with E-state index in [1.165, 1.54) is 12.1 Å². The van der Waals surface area contributed by atoms with Gasteiger partial charge in [-0.2, -0.15) is 0 Å². The second-order valence-electron chi connectivity index (χ2n) is 7.16. The molecule has 1 fully saturated rings. The number of ether oxygens (including phenoxy) is 2. The molecule has 0 aliphatic carbocycles. The van der Waals surface area contributed by atoms with Crippen molar-refractivity contribution in [3.05, 3.63) is 98.6 Å². The molecule has 0 saturated carbocycles. The van der Waals surface area contributed by atoms with E-state index in [0.29, 0.717) is 22.1 Å². The lowest BCUT2D eigenvalue weighted by molar-refractivity contribution is -0.123. The number of amides is 2. The highest BCUT2D eigenvalue weighted by atomic mass is 35.5. The molecule has 4 rings (SSSR count). The summed E-state index contributed by atoms with van der Waals surface area (Å²) in [6.45, 7) is 0.171. The third kappa shape index (κ3) is 5.73. The second kappa shape index (κ2) is 11.0. The van der Waals surface area contributed by atoms with Crippen LogP contribution in [0.4, 0.5) is 9.18 Å². The van der Waals surface area contributed by atoms with Gasteiger partial charge in [-0.15, -0.1) is 0 Å². The molecule has 9 heteroatoms. The van der Waals surface area contributed by atoms with Crippen LogP contribution in [0, 0.1) is 5.82 Å². The minimum absolute atomic E-state index is 0.0835. The summed E-state index contributed by atoms with van der Waals surface area (Å²) < 4.78 is 25.4. The van der Waals surface area contributed by atoms with Crippen LogP contribution in [0.1, 0.15) is 11.1 Å². The Kier molecular flexibility index (Phi) is 7.77. The highest BCUT2D eigenvalue weighted by Gasteiger charge is 2.35. The van der Waals surface area contributed by atoms with Crippen LogP contribution >= 0.6 is 35.0 Å². The molecule has 0 radical (unpaired) electrons. The Labute approximate surface area is 210 Å². The van der Waals surface area contributed by atoms with E-state index in [0.717, 1.165) is 16.7 Å². The third-order valence-corrected chi connectivity index (χ3v) is 6.42. The normalized spacial score (nSPS) is 14.7. The molecule has 3 aromatic carbocycles. The van der Waals surface area contributed by atoms with E-state index < -0.39 is 11.7 Å². The van der Waals surface area contributed by atoms with E-state index >= 15 is 0 Å². The van der Waals surface area contributed by atoms with Gasteiger partial charge in [-0.25, -0.2) is 4.39 Å². The van der Waals surface area contributed by atoms with Crippen molar-refractivity contribution in [3.8, 4) is 11.5 Å². The zero-order valence-corrected chi connectivity index (χ0v) is 20.0. The molecule has 0 spiro atoms. The van der Waals surface area contributed by atoms with Crippen molar-refractivity contribution in [2.75, 3.05) is 13.2 Å². The molecule has 0 aromatic heterocycles. The van der Waals surface area contributed by atoms with Gasteiger partial charge in [0, 0.05) is 16.1 Å². The molecular weight excluding hydrogens is 500 g/mol. The topological polar surface area (TPSA) is 55.8 Å². The zero-order chi connectivity index (χ0) is 24.1. The molecule has 5 nitrogen and oxygen atoms in total. The number of rotatable bonds is 8. The Morgan fingerprint density at radius 2 is 1.71 bits per heavy atom. The Balaban J connectivity index is 1.43. The minimum Gasteiger partial charge on any atom is -0.492 e. The molecule has 0 atom stereocenters. The summed E-state index contributed by atoms with van der Waals surface area (Å²) in [4.78, 5) is 26.6. The van der Waals surface area contributed by atoms with E-state index in [1.807, 2.05) is 0 Å². The monoisotopic (exact) mass is 517 g/mol. The van der Waals surface area contributed by atoms with Gasteiger partial charge in [0.25, 0.3) is 11.1 Å². The standard InChI is InChI=1S/C25H18Cl2FNO4S/c26-17-8-10-18(11-9-17)32-13-12-29-24(30)23(34-25(29)31)14-16-4-1-2-7-22(16)33-15-19-20(27)5-3-6-21(19)28/h1-11,14H,12-13,15H2/b23-14-. The fraction of sp³-hybridized carbons (Fsp3) is 0.120. The molecule has 1 aliphatic rings. The fourth-order valence-electron chi connectivity index (χ4n) is 3.17. The number of carbonyl (C=O) groups is 2. The summed E-state index contributed by atoms with van der Waals surface area (Å²) in [6, 6.07) is 18.2. The predicted octanol–water partition coefficient (Wildman–Crippen LogP) is 6.83. The van der Waals surface area contributed by atoms with Crippen molar-refractivity contribution in [2.24, 2.45) is 0 Å². The van der Waals surface area contributed by atoms with Gasteiger partial charge in [0.15, 0.2) is 0 Å². The van der Waals surface area contributed by atoms with E-state index in [-0.39, 0.29) is 40.5 Å². The second-order valence-corrected chi connectivity index (χ2v) is 9.00. The number of benzene rings is 3. The van der Waals surface area contributed by atoms with Gasteiger partial charge in [0.2, 0.25) is 0 Å². The van der Waals surface area contributed by atoms with Gasteiger partial charge in [-0.05, 0) is 60.3 Å². The first-order chi connectivity index (χ1) is 16.4. The molecule has 0 bridgehead atoms. The summed E-state index contributed by atoms with van der Waals surface area (Å²) >= 11 is 12.8. The van der Waals surface area contributed by atoms with Crippen LogP contribution in [0.25, 0.3) is 6.08 Å². The van der Waals surface area contributed by atoms with Gasteiger partial charge in [0.05, 0.1) is 16.5 Å². The predicted molar refractivity (Wildman–Crippen MR) is 132 cm³/mol. The van der Waals surface area contributed by atoms with Crippen molar-refractivity contribution >= 4 is 52.2 Å². The van der Waals surface area contributed by atoms with Crippen LogP contribution < -0.4 is 9.47 Å². The number of thioether (sulfide) groups is 1. The Bertz CT molecular complexity index is 1230. The fourth-order valence-corrected chi connectivity index (χ4v) is 4.37. The van der Waals surface area contributed by atoms with E-state index in [9.17, 15) is 14.0 Å². The lowest BCUT2D eigenvalue weighted by Crippen LogP contribution is -2.32. The van der Waals surface area contributed by atoms with Crippen molar-refractivity contribution in [3.63, 3.8) is 0 Å². The zero-order valence-electron chi connectivity index (χ0n) is 17.7. The first kappa shape index (κ1) is 24.1. The quantitative estimate of drug-likeness (QED) is 0.306. The summed E-state index contributed by atoms with van der Waals surface area (Å²) in [5, 5.41) is 0.469. The van der Waals surface area contributed by atoms with Gasteiger partial charge in [-0.1, -0.05) is 47.5 Å². The molecule has 3 aromatic rings. The van der Waals surface area contributed by atoms with Gasteiger partial charge in [-0.3, -0.25) is 14.5 Å². The number of nitrogens with zero attached hydrogens (tertiary/aromatic N) is 1. The number of halogens is 3. The van der Waals surface area contributed by atoms with Crippen molar-refractivity contribution in [1.82, 2.24) is 4.90 Å². The van der Waals surface area contributed by atoms with Gasteiger partial charge in [0.1, 0.15) is 30.5 Å². The molecular formula is C25H18Cl2FNO4S. The first-order valence-electron chi connectivity index (χ1n) is 10.2. The van der Waals surface area contributed by atoms with Crippen LogP contribution in [-0.2, 0) is 11.4 Å². The maximum absolute atomic E-state index is 14.1. The van der Waals surface area contributed by atoms with Crippen molar-refractivity contribution < 1.29 is 23.5 Å². The van der Waals surface area contributed by atoms with E-state index in [1.54, 1.807) is 60.7 Å². The van der Waals surface area contributed by atoms with Crippen LogP contribution in [0.2, 0.25) is 10.0 Å². The molecule has 174 valence electrons. The Hall–Kier alpha value is -3.00. The summed E-state index contributed by atoms with van der Waals surface area (Å²) in [5.41, 5.74) is 0.817. The lowest BCUT2D eigenvalue weighted by atomic mass is 10.1. The Morgan fingerprint density at radius 3 is 2.47 bits per heavy atom. The molecule has 0 N–H and O–H groups in total. The molecule has 2 amide bonds. The maximum Gasteiger partial charge on any atom is 0.293 e. The van der Waals surface area contributed by atoms with Crippen molar-refractivity contribution in [2.45, 2.75) is 6.61 Å².